The van der Waals surface area contributed by atoms with Crippen molar-refractivity contribution >= 4 is 40.6 Å². The Balaban J connectivity index is 1.90. The molecule has 0 spiro atoms. The van der Waals surface area contributed by atoms with Crippen LogP contribution in [-0.2, 0) is 15.2 Å². The van der Waals surface area contributed by atoms with Crippen LogP contribution < -0.4 is 10.6 Å². The topological polar surface area (TPSA) is 95.5 Å². The molecule has 0 aromatic heterocycles. The summed E-state index contributed by atoms with van der Waals surface area (Å²) in [5.41, 5.74) is -0.540. The molecule has 2 aromatic rings. The van der Waals surface area contributed by atoms with Crippen LogP contribution in [0, 0.1) is 0 Å². The summed E-state index contributed by atoms with van der Waals surface area (Å²) < 4.78 is 0. The van der Waals surface area contributed by atoms with Crippen molar-refractivity contribution in [2.45, 2.75) is 18.9 Å². The Labute approximate surface area is 148 Å². The van der Waals surface area contributed by atoms with E-state index in [1.165, 1.54) is 19.1 Å². The first-order valence-electron chi connectivity index (χ1n) is 7.54. The zero-order valence-electron chi connectivity index (χ0n) is 13.3. The van der Waals surface area contributed by atoms with Crippen LogP contribution in [0.2, 0.25) is 5.02 Å². The molecule has 0 unspecified atom stereocenters. The molecule has 0 aliphatic carbocycles. The van der Waals surface area contributed by atoms with Gasteiger partial charge in [0.25, 0.3) is 5.91 Å². The highest BCUT2D eigenvalue weighted by molar-refractivity contribution is 6.31. The molecule has 0 bridgehead atoms. The first kappa shape index (κ1) is 17.1. The molecule has 0 saturated carbocycles. The third-order valence-corrected chi connectivity index (χ3v) is 4.21. The smallest absolute Gasteiger partial charge is 0.261 e. The molecule has 7 heteroatoms. The zero-order chi connectivity index (χ0) is 18.2. The van der Waals surface area contributed by atoms with Gasteiger partial charge in [-0.15, -0.1) is 0 Å². The fourth-order valence-electron chi connectivity index (χ4n) is 2.80. The highest BCUT2D eigenvalue weighted by Gasteiger charge is 2.46. The predicted molar refractivity (Wildman–Crippen MR) is 93.7 cm³/mol. The van der Waals surface area contributed by atoms with Crippen molar-refractivity contribution in [3.05, 3.63) is 58.6 Å². The standard InChI is InChI=1S/C18H15ClN2O4/c1-10(22)20-13-4-2-3-11(7-13)16(23)9-18(25)14-8-12(19)5-6-15(14)21-17(18)24/h2-8,25H,9H2,1H3,(H,20,22)(H,21,24)/t18-/m0/s1. The van der Waals surface area contributed by atoms with Gasteiger partial charge in [0.05, 0.1) is 6.42 Å². The molecule has 0 saturated heterocycles. The predicted octanol–water partition coefficient (Wildman–Crippen LogP) is 2.71. The lowest BCUT2D eigenvalue weighted by Gasteiger charge is -2.20. The average Bonchev–Trinajstić information content (AvgIpc) is 2.78. The first-order valence-corrected chi connectivity index (χ1v) is 7.92. The van der Waals surface area contributed by atoms with E-state index in [4.69, 9.17) is 11.6 Å². The first-order chi connectivity index (χ1) is 11.8. The normalized spacial score (nSPS) is 18.4. The van der Waals surface area contributed by atoms with Crippen LogP contribution in [0.4, 0.5) is 11.4 Å². The van der Waals surface area contributed by atoms with Crippen LogP contribution in [0.25, 0.3) is 0 Å². The monoisotopic (exact) mass is 358 g/mol. The van der Waals surface area contributed by atoms with Crippen LogP contribution in [0.5, 0.6) is 0 Å². The van der Waals surface area contributed by atoms with Gasteiger partial charge in [0.15, 0.2) is 11.4 Å². The van der Waals surface area contributed by atoms with Gasteiger partial charge in [-0.25, -0.2) is 0 Å². The van der Waals surface area contributed by atoms with E-state index in [1.54, 1.807) is 30.3 Å². The third kappa shape index (κ3) is 3.26. The van der Waals surface area contributed by atoms with Crippen molar-refractivity contribution in [1.82, 2.24) is 0 Å². The highest BCUT2D eigenvalue weighted by atomic mass is 35.5. The van der Waals surface area contributed by atoms with Gasteiger partial charge in [-0.3, -0.25) is 14.4 Å². The molecule has 3 N–H and O–H groups in total. The second-order valence-electron chi connectivity index (χ2n) is 5.87. The molecule has 25 heavy (non-hydrogen) atoms. The van der Waals surface area contributed by atoms with Gasteiger partial charge >= 0.3 is 0 Å². The Morgan fingerprint density at radius 2 is 2.00 bits per heavy atom. The van der Waals surface area contributed by atoms with E-state index in [2.05, 4.69) is 10.6 Å². The lowest BCUT2D eigenvalue weighted by atomic mass is 9.88. The molecule has 3 rings (SSSR count). The number of carbonyl (C=O) groups is 3. The summed E-state index contributed by atoms with van der Waals surface area (Å²) in [6.45, 7) is 1.36. The van der Waals surface area contributed by atoms with Crippen molar-refractivity contribution in [2.24, 2.45) is 0 Å². The highest BCUT2D eigenvalue weighted by Crippen LogP contribution is 2.40. The lowest BCUT2D eigenvalue weighted by molar-refractivity contribution is -0.133. The summed E-state index contributed by atoms with van der Waals surface area (Å²) in [5, 5.41) is 16.3. The summed E-state index contributed by atoms with van der Waals surface area (Å²) in [7, 11) is 0. The van der Waals surface area contributed by atoms with Gasteiger partial charge in [-0.1, -0.05) is 23.7 Å². The van der Waals surface area contributed by atoms with E-state index >= 15 is 0 Å². The molecule has 6 nitrogen and oxygen atoms in total. The van der Waals surface area contributed by atoms with Crippen LogP contribution in [0.3, 0.4) is 0 Å². The van der Waals surface area contributed by atoms with Gasteiger partial charge in [-0.05, 0) is 30.3 Å². The second-order valence-corrected chi connectivity index (χ2v) is 6.30. The van der Waals surface area contributed by atoms with E-state index in [9.17, 15) is 19.5 Å². The summed E-state index contributed by atoms with van der Waals surface area (Å²) in [6.07, 6.45) is -0.435. The van der Waals surface area contributed by atoms with E-state index in [1.807, 2.05) is 0 Å². The van der Waals surface area contributed by atoms with Crippen molar-refractivity contribution in [1.29, 1.82) is 0 Å². The number of halogens is 1. The minimum atomic E-state index is -1.98. The molecule has 1 heterocycles. The van der Waals surface area contributed by atoms with Gasteiger partial charge in [0.2, 0.25) is 5.91 Å². The molecule has 2 amide bonds. The Kier molecular flexibility index (Phi) is 4.32. The molecule has 1 aliphatic rings. The summed E-state index contributed by atoms with van der Waals surface area (Å²) in [4.78, 5) is 36.0. The van der Waals surface area contributed by atoms with Gasteiger partial charge in [0, 0.05) is 34.4 Å². The van der Waals surface area contributed by atoms with E-state index in [-0.39, 0.29) is 17.0 Å². The Morgan fingerprint density at radius 3 is 2.72 bits per heavy atom. The van der Waals surface area contributed by atoms with Crippen LogP contribution in [0.15, 0.2) is 42.5 Å². The number of hydrogen-bond acceptors (Lipinski definition) is 4. The van der Waals surface area contributed by atoms with Crippen molar-refractivity contribution in [3.63, 3.8) is 0 Å². The van der Waals surface area contributed by atoms with Crippen LogP contribution in [0.1, 0.15) is 29.3 Å². The van der Waals surface area contributed by atoms with Gasteiger partial charge < -0.3 is 15.7 Å². The van der Waals surface area contributed by atoms with E-state index in [0.717, 1.165) is 0 Å². The molecule has 0 radical (unpaired) electrons. The Bertz CT molecular complexity index is 896. The fraction of sp³-hybridized carbons (Fsp3) is 0.167. The molecular formula is C18H15ClN2O4. The molecule has 1 atom stereocenters. The minimum absolute atomic E-state index is 0.262. The summed E-state index contributed by atoms with van der Waals surface area (Å²) in [6, 6.07) is 10.9. The van der Waals surface area contributed by atoms with Crippen molar-refractivity contribution < 1.29 is 19.5 Å². The molecular weight excluding hydrogens is 344 g/mol. The van der Waals surface area contributed by atoms with Gasteiger partial charge in [-0.2, -0.15) is 0 Å². The van der Waals surface area contributed by atoms with Crippen molar-refractivity contribution in [2.75, 3.05) is 10.6 Å². The summed E-state index contributed by atoms with van der Waals surface area (Å²) >= 11 is 5.95. The van der Waals surface area contributed by atoms with Crippen molar-refractivity contribution in [3.8, 4) is 0 Å². The van der Waals surface area contributed by atoms with Crippen LogP contribution in [-0.4, -0.2) is 22.7 Å². The third-order valence-electron chi connectivity index (χ3n) is 3.97. The second kappa shape index (κ2) is 6.31. The fourth-order valence-corrected chi connectivity index (χ4v) is 2.97. The maximum absolute atomic E-state index is 12.6. The minimum Gasteiger partial charge on any atom is -0.375 e. The maximum Gasteiger partial charge on any atom is 0.261 e. The number of benzene rings is 2. The number of anilines is 2. The summed E-state index contributed by atoms with van der Waals surface area (Å²) in [5.74, 6) is -1.37. The largest absolute Gasteiger partial charge is 0.375 e. The van der Waals surface area contributed by atoms with E-state index < -0.39 is 23.7 Å². The number of hydrogen-bond donors (Lipinski definition) is 3. The van der Waals surface area contributed by atoms with Crippen LogP contribution >= 0.6 is 11.6 Å². The zero-order valence-corrected chi connectivity index (χ0v) is 14.1. The number of nitrogens with one attached hydrogen (secondary N) is 2. The van der Waals surface area contributed by atoms with E-state index in [0.29, 0.717) is 16.4 Å². The number of amides is 2. The number of carbonyl (C=O) groups excluding carboxylic acids is 3. The SMILES string of the molecule is CC(=O)Nc1cccc(C(=O)C[C@@]2(O)C(=O)Nc3ccc(Cl)cc32)c1. The number of aliphatic hydroxyl groups is 1. The van der Waals surface area contributed by atoms with Gasteiger partial charge in [0.1, 0.15) is 0 Å². The molecule has 2 aromatic carbocycles. The number of ketones is 1. The molecule has 0 fully saturated rings. The quantitative estimate of drug-likeness (QED) is 0.732. The average molecular weight is 359 g/mol. The maximum atomic E-state index is 12.6. The number of fused-ring (bicyclic) bond motifs is 1. The lowest BCUT2D eigenvalue weighted by Crippen LogP contribution is -2.36. The molecule has 128 valence electrons. The number of Topliss-reactive ketones (excluding diaryl/α,β-unsaturated/α-hetero) is 1. The Morgan fingerprint density at radius 1 is 1.24 bits per heavy atom. The molecule has 1 aliphatic heterocycles. The Hall–Kier alpha value is -2.70. The number of rotatable bonds is 4.